The maximum atomic E-state index is 12.9. The normalized spacial score (nSPS) is 16.2. The van der Waals surface area contributed by atoms with Crippen LogP contribution in [0.3, 0.4) is 0 Å². The zero-order valence-electron chi connectivity index (χ0n) is 14.4. The monoisotopic (exact) mass is 369 g/mol. The van der Waals surface area contributed by atoms with E-state index in [9.17, 15) is 4.79 Å². The van der Waals surface area contributed by atoms with Crippen molar-refractivity contribution in [3.05, 3.63) is 64.6 Å². The Morgan fingerprint density at radius 1 is 1.12 bits per heavy atom. The summed E-state index contributed by atoms with van der Waals surface area (Å²) in [4.78, 5) is 15.0. The van der Waals surface area contributed by atoms with Crippen LogP contribution in [0.2, 0.25) is 0 Å². The molecule has 1 heterocycles. The Balaban J connectivity index is 1.90. The molecule has 3 rings (SSSR count). The molecule has 128 valence electrons. The van der Waals surface area contributed by atoms with Gasteiger partial charge in [0.15, 0.2) is 4.32 Å². The van der Waals surface area contributed by atoms with Crippen molar-refractivity contribution >= 4 is 46.0 Å². The zero-order chi connectivity index (χ0) is 18.0. The van der Waals surface area contributed by atoms with Crippen molar-refractivity contribution in [2.24, 2.45) is 0 Å². The molecule has 1 fully saturated rings. The van der Waals surface area contributed by atoms with Crippen LogP contribution in [0.5, 0.6) is 5.75 Å². The lowest BCUT2D eigenvalue weighted by molar-refractivity contribution is -0.113. The van der Waals surface area contributed by atoms with E-state index in [1.165, 1.54) is 22.2 Å². The predicted octanol–water partition coefficient (Wildman–Crippen LogP) is 5.22. The molecule has 2 aromatic carbocycles. The van der Waals surface area contributed by atoms with Crippen LogP contribution in [0.15, 0.2) is 53.4 Å². The Bertz CT molecular complexity index is 841. The molecule has 0 aromatic heterocycles. The molecule has 0 saturated carbocycles. The van der Waals surface area contributed by atoms with Crippen LogP contribution in [0.1, 0.15) is 30.9 Å². The molecule has 2 aromatic rings. The van der Waals surface area contributed by atoms with Crippen molar-refractivity contribution in [1.82, 2.24) is 0 Å². The minimum absolute atomic E-state index is 0.118. The lowest BCUT2D eigenvalue weighted by Gasteiger charge is -2.17. The van der Waals surface area contributed by atoms with Crippen LogP contribution >= 0.6 is 24.0 Å². The molecule has 0 spiro atoms. The van der Waals surface area contributed by atoms with Crippen molar-refractivity contribution in [2.75, 3.05) is 12.0 Å². The Hall–Kier alpha value is -2.11. The second kappa shape index (κ2) is 7.42. The van der Waals surface area contributed by atoms with Gasteiger partial charge in [0, 0.05) is 0 Å². The standard InChI is InChI=1S/C20H19NO2S2/c1-13(2)15-10-8-14(9-11-15)12-18-19(22)21(20(24)25-18)16-6-4-5-7-17(16)23-3/h4-13H,1-3H3/b18-12+. The maximum Gasteiger partial charge on any atom is 0.270 e. The molecule has 3 nitrogen and oxygen atoms in total. The van der Waals surface area contributed by atoms with Crippen LogP contribution in [0, 0.1) is 0 Å². The number of ether oxygens (including phenoxy) is 1. The van der Waals surface area contributed by atoms with Gasteiger partial charge in [-0.25, -0.2) is 0 Å². The number of hydrogen-bond acceptors (Lipinski definition) is 4. The second-order valence-electron chi connectivity index (χ2n) is 6.01. The largest absolute Gasteiger partial charge is 0.495 e. The first kappa shape index (κ1) is 17.7. The van der Waals surface area contributed by atoms with Crippen LogP contribution in [-0.4, -0.2) is 17.3 Å². The Morgan fingerprint density at radius 3 is 2.44 bits per heavy atom. The lowest BCUT2D eigenvalue weighted by Crippen LogP contribution is -2.27. The van der Waals surface area contributed by atoms with Crippen LogP contribution in [0.4, 0.5) is 5.69 Å². The van der Waals surface area contributed by atoms with Crippen molar-refractivity contribution in [2.45, 2.75) is 19.8 Å². The van der Waals surface area contributed by atoms with Gasteiger partial charge in [-0.1, -0.05) is 74.2 Å². The third-order valence-electron chi connectivity index (χ3n) is 4.02. The number of benzene rings is 2. The van der Waals surface area contributed by atoms with Gasteiger partial charge in [0.1, 0.15) is 5.75 Å². The minimum Gasteiger partial charge on any atom is -0.495 e. The highest BCUT2D eigenvalue weighted by atomic mass is 32.2. The number of nitrogens with zero attached hydrogens (tertiary/aromatic N) is 1. The van der Waals surface area contributed by atoms with Crippen LogP contribution in [-0.2, 0) is 4.79 Å². The number of methoxy groups -OCH3 is 1. The van der Waals surface area contributed by atoms with Crippen LogP contribution < -0.4 is 9.64 Å². The fourth-order valence-corrected chi connectivity index (χ4v) is 3.90. The van der Waals surface area contributed by atoms with Gasteiger partial charge in [-0.3, -0.25) is 9.69 Å². The average Bonchev–Trinajstić information content (AvgIpc) is 2.89. The first-order valence-corrected chi connectivity index (χ1v) is 9.24. The van der Waals surface area contributed by atoms with Crippen molar-refractivity contribution < 1.29 is 9.53 Å². The molecular formula is C20H19NO2S2. The molecule has 25 heavy (non-hydrogen) atoms. The number of amides is 1. The molecule has 0 unspecified atom stereocenters. The van der Waals surface area contributed by atoms with Crippen molar-refractivity contribution in [1.29, 1.82) is 0 Å². The highest BCUT2D eigenvalue weighted by molar-refractivity contribution is 8.27. The quantitative estimate of drug-likeness (QED) is 0.545. The van der Waals surface area contributed by atoms with E-state index in [2.05, 4.69) is 26.0 Å². The number of carbonyl (C=O) groups excluding carboxylic acids is 1. The minimum atomic E-state index is -0.118. The molecule has 1 aliphatic heterocycles. The smallest absolute Gasteiger partial charge is 0.270 e. The fourth-order valence-electron chi connectivity index (χ4n) is 2.62. The van der Waals surface area contributed by atoms with Gasteiger partial charge >= 0.3 is 0 Å². The summed E-state index contributed by atoms with van der Waals surface area (Å²) in [6, 6.07) is 15.6. The fraction of sp³-hybridized carbons (Fsp3) is 0.200. The van der Waals surface area contributed by atoms with Gasteiger partial charge < -0.3 is 4.74 Å². The number of thiocarbonyl (C=S) groups is 1. The molecule has 1 saturated heterocycles. The number of hydrogen-bond donors (Lipinski definition) is 0. The molecule has 0 bridgehead atoms. The summed E-state index contributed by atoms with van der Waals surface area (Å²) in [6.07, 6.45) is 1.89. The molecule has 1 aliphatic rings. The number of thioether (sulfide) groups is 1. The third kappa shape index (κ3) is 3.62. The first-order chi connectivity index (χ1) is 12.0. The number of anilines is 1. The van der Waals surface area contributed by atoms with E-state index in [1.807, 2.05) is 42.5 Å². The maximum absolute atomic E-state index is 12.9. The summed E-state index contributed by atoms with van der Waals surface area (Å²) in [5, 5.41) is 0. The van der Waals surface area contributed by atoms with Crippen molar-refractivity contribution in [3.8, 4) is 5.75 Å². The Kier molecular flexibility index (Phi) is 5.25. The van der Waals surface area contributed by atoms with Crippen molar-refractivity contribution in [3.63, 3.8) is 0 Å². The lowest BCUT2D eigenvalue weighted by atomic mass is 10.0. The summed E-state index contributed by atoms with van der Waals surface area (Å²) < 4.78 is 5.87. The van der Waals surface area contributed by atoms with E-state index in [0.29, 0.717) is 26.6 Å². The molecule has 0 N–H and O–H groups in total. The number of para-hydroxylation sites is 2. The van der Waals surface area contributed by atoms with E-state index >= 15 is 0 Å². The topological polar surface area (TPSA) is 29.5 Å². The average molecular weight is 370 g/mol. The molecular weight excluding hydrogens is 350 g/mol. The summed E-state index contributed by atoms with van der Waals surface area (Å²) >= 11 is 6.74. The van der Waals surface area contributed by atoms with Gasteiger partial charge in [0.05, 0.1) is 17.7 Å². The molecule has 1 amide bonds. The second-order valence-corrected chi connectivity index (χ2v) is 7.69. The Labute approximate surface area is 157 Å². The SMILES string of the molecule is COc1ccccc1N1C(=O)/C(=C\c2ccc(C(C)C)cc2)SC1=S. The van der Waals surface area contributed by atoms with Gasteiger partial charge in [0.25, 0.3) is 5.91 Å². The van der Waals surface area contributed by atoms with E-state index in [-0.39, 0.29) is 5.91 Å². The van der Waals surface area contributed by atoms with E-state index in [0.717, 1.165) is 5.56 Å². The summed E-state index contributed by atoms with van der Waals surface area (Å²) in [5.74, 6) is 0.992. The van der Waals surface area contributed by atoms with Gasteiger partial charge in [0.2, 0.25) is 0 Å². The van der Waals surface area contributed by atoms with E-state index < -0.39 is 0 Å². The van der Waals surface area contributed by atoms with E-state index in [1.54, 1.807) is 7.11 Å². The summed E-state index contributed by atoms with van der Waals surface area (Å²) in [6.45, 7) is 4.32. The van der Waals surface area contributed by atoms with Gasteiger partial charge in [-0.15, -0.1) is 0 Å². The Morgan fingerprint density at radius 2 is 1.80 bits per heavy atom. The highest BCUT2D eigenvalue weighted by Crippen LogP contribution is 2.39. The number of rotatable bonds is 4. The van der Waals surface area contributed by atoms with Crippen LogP contribution in [0.25, 0.3) is 6.08 Å². The van der Waals surface area contributed by atoms with Gasteiger partial charge in [-0.2, -0.15) is 0 Å². The van der Waals surface area contributed by atoms with E-state index in [4.69, 9.17) is 17.0 Å². The van der Waals surface area contributed by atoms with Gasteiger partial charge in [-0.05, 0) is 35.3 Å². The molecule has 0 atom stereocenters. The third-order valence-corrected chi connectivity index (χ3v) is 5.32. The molecule has 0 aliphatic carbocycles. The highest BCUT2D eigenvalue weighted by Gasteiger charge is 2.34. The number of carbonyl (C=O) groups is 1. The summed E-state index contributed by atoms with van der Waals surface area (Å²) in [7, 11) is 1.59. The molecule has 5 heteroatoms. The first-order valence-electron chi connectivity index (χ1n) is 8.02. The zero-order valence-corrected chi connectivity index (χ0v) is 16.0. The predicted molar refractivity (Wildman–Crippen MR) is 109 cm³/mol. The molecule has 0 radical (unpaired) electrons. The summed E-state index contributed by atoms with van der Waals surface area (Å²) in [5.41, 5.74) is 2.94.